The van der Waals surface area contributed by atoms with E-state index in [0.29, 0.717) is 12.5 Å². The van der Waals surface area contributed by atoms with Gasteiger partial charge in [0.2, 0.25) is 0 Å². The molecule has 1 heterocycles. The van der Waals surface area contributed by atoms with Gasteiger partial charge in [0, 0.05) is 18.4 Å². The molecule has 3 N–H and O–H groups in total. The lowest BCUT2D eigenvalue weighted by molar-refractivity contribution is 0.528. The van der Waals surface area contributed by atoms with Crippen LogP contribution in [0.1, 0.15) is 20.8 Å². The molecule has 1 rings (SSSR count). The second-order valence-corrected chi connectivity index (χ2v) is 5.53. The summed E-state index contributed by atoms with van der Waals surface area (Å²) >= 11 is 0. The Morgan fingerprint density at radius 2 is 2.14 bits per heavy atom. The van der Waals surface area contributed by atoms with Crippen molar-refractivity contribution in [2.45, 2.75) is 20.8 Å². The molecule has 1 aliphatic rings. The van der Waals surface area contributed by atoms with Crippen molar-refractivity contribution in [1.29, 1.82) is 0 Å². The molecule has 0 spiro atoms. The van der Waals surface area contributed by atoms with Gasteiger partial charge in [0.1, 0.15) is 0 Å². The van der Waals surface area contributed by atoms with Crippen LogP contribution in [0.2, 0.25) is 0 Å². The van der Waals surface area contributed by atoms with Gasteiger partial charge in [-0.2, -0.15) is 0 Å². The van der Waals surface area contributed by atoms with E-state index in [9.17, 15) is 0 Å². The standard InChI is InChI=1S/C18H27N3/c1-7-17-9-8-10-21(16(17)6)18(13(2)3)15(5)20-12-14(4)11-19/h7-10,14,20H,1,5-6,11-12,19H2,2-4H3. The lowest BCUT2D eigenvalue weighted by Crippen LogP contribution is -2.30. The van der Waals surface area contributed by atoms with Crippen molar-refractivity contribution >= 4 is 0 Å². The average Bonchev–Trinajstić information content (AvgIpc) is 2.46. The van der Waals surface area contributed by atoms with Crippen molar-refractivity contribution in [3.8, 4) is 0 Å². The van der Waals surface area contributed by atoms with Crippen molar-refractivity contribution < 1.29 is 0 Å². The van der Waals surface area contributed by atoms with E-state index in [-0.39, 0.29) is 0 Å². The topological polar surface area (TPSA) is 41.3 Å². The first-order valence-electron chi connectivity index (χ1n) is 7.22. The van der Waals surface area contributed by atoms with E-state index in [4.69, 9.17) is 5.73 Å². The van der Waals surface area contributed by atoms with Crippen molar-refractivity contribution in [2.75, 3.05) is 13.1 Å². The normalized spacial score (nSPS) is 15.3. The molecule has 3 nitrogen and oxygen atoms in total. The zero-order valence-corrected chi connectivity index (χ0v) is 13.4. The van der Waals surface area contributed by atoms with Gasteiger partial charge in [-0.25, -0.2) is 0 Å². The number of nitrogens with one attached hydrogen (secondary N) is 1. The Labute approximate surface area is 128 Å². The largest absolute Gasteiger partial charge is 0.384 e. The van der Waals surface area contributed by atoms with Gasteiger partial charge >= 0.3 is 0 Å². The predicted octanol–water partition coefficient (Wildman–Crippen LogP) is 3.43. The third-order valence-corrected chi connectivity index (χ3v) is 3.42. The molecule has 0 saturated heterocycles. The lowest BCUT2D eigenvalue weighted by atomic mass is 10.1. The van der Waals surface area contributed by atoms with E-state index in [2.05, 4.69) is 50.7 Å². The highest BCUT2D eigenvalue weighted by Crippen LogP contribution is 2.28. The maximum Gasteiger partial charge on any atom is 0.0667 e. The fourth-order valence-corrected chi connectivity index (χ4v) is 2.11. The number of hydrogen-bond donors (Lipinski definition) is 2. The Hall–Kier alpha value is -2.00. The van der Waals surface area contributed by atoms with Crippen LogP contribution < -0.4 is 11.1 Å². The maximum absolute atomic E-state index is 5.66. The van der Waals surface area contributed by atoms with Crippen LogP contribution in [0.15, 0.2) is 72.4 Å². The number of nitrogens with two attached hydrogens (primary N) is 1. The summed E-state index contributed by atoms with van der Waals surface area (Å²) in [7, 11) is 0. The molecule has 0 bridgehead atoms. The van der Waals surface area contributed by atoms with E-state index in [1.165, 1.54) is 5.57 Å². The molecule has 0 saturated carbocycles. The number of rotatable bonds is 7. The van der Waals surface area contributed by atoms with Crippen LogP contribution in [-0.4, -0.2) is 18.0 Å². The summed E-state index contributed by atoms with van der Waals surface area (Å²) in [4.78, 5) is 2.05. The van der Waals surface area contributed by atoms with Crippen molar-refractivity contribution in [2.24, 2.45) is 11.7 Å². The molecular formula is C18H27N3. The van der Waals surface area contributed by atoms with Crippen LogP contribution in [0, 0.1) is 5.92 Å². The fourth-order valence-electron chi connectivity index (χ4n) is 2.11. The number of allylic oxidation sites excluding steroid dienone is 4. The quantitative estimate of drug-likeness (QED) is 0.704. The summed E-state index contributed by atoms with van der Waals surface area (Å²) in [5.74, 6) is 0.406. The molecule has 1 unspecified atom stereocenters. The summed E-state index contributed by atoms with van der Waals surface area (Å²) < 4.78 is 0. The molecule has 0 aromatic rings. The summed E-state index contributed by atoms with van der Waals surface area (Å²) in [6.45, 7) is 19.9. The summed E-state index contributed by atoms with van der Waals surface area (Å²) in [5.41, 5.74) is 10.7. The van der Waals surface area contributed by atoms with Crippen LogP contribution in [0.5, 0.6) is 0 Å². The Balaban J connectivity index is 2.95. The Morgan fingerprint density at radius 3 is 2.67 bits per heavy atom. The van der Waals surface area contributed by atoms with Gasteiger partial charge in [0.15, 0.2) is 0 Å². The highest BCUT2D eigenvalue weighted by Gasteiger charge is 2.18. The van der Waals surface area contributed by atoms with E-state index >= 15 is 0 Å². The van der Waals surface area contributed by atoms with E-state index in [1.807, 2.05) is 24.4 Å². The minimum Gasteiger partial charge on any atom is -0.384 e. The van der Waals surface area contributed by atoms with Crippen LogP contribution in [0.25, 0.3) is 0 Å². The summed E-state index contributed by atoms with van der Waals surface area (Å²) in [6, 6.07) is 0. The maximum atomic E-state index is 5.66. The average molecular weight is 285 g/mol. The highest BCUT2D eigenvalue weighted by molar-refractivity contribution is 5.48. The first-order chi connectivity index (χ1) is 9.92. The Bertz CT molecular complexity index is 517. The highest BCUT2D eigenvalue weighted by atomic mass is 15.2. The van der Waals surface area contributed by atoms with Gasteiger partial charge in [0.05, 0.1) is 11.4 Å². The van der Waals surface area contributed by atoms with E-state index < -0.39 is 0 Å². The van der Waals surface area contributed by atoms with Gasteiger partial charge in [-0.15, -0.1) is 0 Å². The Morgan fingerprint density at radius 1 is 1.48 bits per heavy atom. The predicted molar refractivity (Wildman–Crippen MR) is 92.1 cm³/mol. The van der Waals surface area contributed by atoms with Gasteiger partial charge in [0.25, 0.3) is 0 Å². The number of nitrogens with zero attached hydrogens (tertiary/aromatic N) is 1. The second kappa shape index (κ2) is 7.70. The molecule has 0 aromatic carbocycles. The monoisotopic (exact) mass is 285 g/mol. The lowest BCUT2D eigenvalue weighted by Gasteiger charge is -2.31. The van der Waals surface area contributed by atoms with Crippen LogP contribution in [0.4, 0.5) is 0 Å². The molecule has 0 radical (unpaired) electrons. The van der Waals surface area contributed by atoms with Gasteiger partial charge in [-0.05, 0) is 38.0 Å². The molecule has 1 atom stereocenters. The molecule has 1 aliphatic heterocycles. The van der Waals surface area contributed by atoms with Crippen molar-refractivity contribution in [3.63, 3.8) is 0 Å². The van der Waals surface area contributed by atoms with Gasteiger partial charge < -0.3 is 16.0 Å². The zero-order chi connectivity index (χ0) is 16.0. The molecule has 0 amide bonds. The van der Waals surface area contributed by atoms with Crippen LogP contribution >= 0.6 is 0 Å². The van der Waals surface area contributed by atoms with Crippen LogP contribution in [0.3, 0.4) is 0 Å². The van der Waals surface area contributed by atoms with Gasteiger partial charge in [-0.3, -0.25) is 0 Å². The second-order valence-electron chi connectivity index (χ2n) is 5.53. The molecule has 0 aliphatic carbocycles. The smallest absolute Gasteiger partial charge is 0.0667 e. The zero-order valence-electron chi connectivity index (χ0n) is 13.4. The van der Waals surface area contributed by atoms with Crippen molar-refractivity contribution in [1.82, 2.24) is 10.2 Å². The molecule has 0 fully saturated rings. The number of hydrogen-bond acceptors (Lipinski definition) is 3. The summed E-state index contributed by atoms with van der Waals surface area (Å²) in [5, 5.41) is 3.37. The van der Waals surface area contributed by atoms with E-state index in [0.717, 1.165) is 29.2 Å². The summed E-state index contributed by atoms with van der Waals surface area (Å²) in [6.07, 6.45) is 7.80. The fraction of sp³-hybridized carbons (Fsp3) is 0.333. The SMILES string of the molecule is C=CC1=CC=CN(C(C(=C)NCC(C)CN)=C(C)C)C1=C. The molecule has 114 valence electrons. The first-order valence-corrected chi connectivity index (χ1v) is 7.22. The molecule has 0 aromatic heterocycles. The van der Waals surface area contributed by atoms with Gasteiger partial charge in [-0.1, -0.05) is 44.4 Å². The molecular weight excluding hydrogens is 258 g/mol. The van der Waals surface area contributed by atoms with Crippen molar-refractivity contribution in [3.05, 3.63) is 72.4 Å². The molecule has 21 heavy (non-hydrogen) atoms. The molecule has 3 heteroatoms. The van der Waals surface area contributed by atoms with Crippen LogP contribution in [-0.2, 0) is 0 Å². The first kappa shape index (κ1) is 17.1. The third kappa shape index (κ3) is 4.23. The Kier molecular flexibility index (Phi) is 6.25. The minimum atomic E-state index is 0.406. The minimum absolute atomic E-state index is 0.406. The van der Waals surface area contributed by atoms with E-state index in [1.54, 1.807) is 0 Å². The third-order valence-electron chi connectivity index (χ3n) is 3.42.